The molecule has 2 aliphatic heterocycles. The van der Waals surface area contributed by atoms with Crippen molar-refractivity contribution in [1.82, 2.24) is 0 Å². The van der Waals surface area contributed by atoms with E-state index < -0.39 is 0 Å². The lowest BCUT2D eigenvalue weighted by Crippen LogP contribution is -2.41. The van der Waals surface area contributed by atoms with Crippen LogP contribution < -0.4 is 9.80 Å². The van der Waals surface area contributed by atoms with Gasteiger partial charge in [-0.3, -0.25) is 9.80 Å². The van der Waals surface area contributed by atoms with Gasteiger partial charge < -0.3 is 0 Å². The first kappa shape index (κ1) is 14.6. The first-order valence-corrected chi connectivity index (χ1v) is 9.20. The maximum atomic E-state index is 13.5. The van der Waals surface area contributed by atoms with Crippen LogP contribution in [0.25, 0.3) is 0 Å². The van der Waals surface area contributed by atoms with E-state index in [0.717, 1.165) is 39.8 Å². The number of fused-ring (bicyclic) bond motifs is 3. The normalized spacial score (nSPS) is 14.7. The molecule has 0 saturated heterocycles. The number of anilines is 3. The van der Waals surface area contributed by atoms with Crippen LogP contribution in [-0.4, -0.2) is 12.6 Å². The van der Waals surface area contributed by atoms with E-state index in [1.165, 1.54) is 5.56 Å². The molecule has 0 unspecified atom stereocenters. The second-order valence-electron chi connectivity index (χ2n) is 6.19. The number of benzene rings is 3. The largest absolute Gasteiger partial charge is 0.333 e. The summed E-state index contributed by atoms with van der Waals surface area (Å²) in [6.07, 6.45) is 0.911. The molecule has 0 N–H and O–H groups in total. The minimum atomic E-state index is 0.0187. The Morgan fingerprint density at radius 3 is 2.00 bits per heavy atom. The van der Waals surface area contributed by atoms with Gasteiger partial charge in [-0.05, 0) is 42.3 Å². The minimum absolute atomic E-state index is 0.0187. The first-order chi connectivity index (χ1) is 12.3. The van der Waals surface area contributed by atoms with E-state index in [9.17, 15) is 4.79 Å². The molecule has 4 heteroatoms. The average molecular weight is 344 g/mol. The van der Waals surface area contributed by atoms with Crippen molar-refractivity contribution in [3.05, 3.63) is 78.4 Å². The molecule has 3 aromatic rings. The molecule has 3 nitrogen and oxygen atoms in total. The summed E-state index contributed by atoms with van der Waals surface area (Å²) in [5, 5.41) is 0. The zero-order valence-corrected chi connectivity index (χ0v) is 14.4. The predicted octanol–water partition coefficient (Wildman–Crippen LogP) is 5.47. The van der Waals surface area contributed by atoms with Crippen molar-refractivity contribution in [2.24, 2.45) is 0 Å². The van der Waals surface area contributed by atoms with E-state index in [1.54, 1.807) is 11.8 Å². The van der Waals surface area contributed by atoms with Crippen molar-refractivity contribution in [1.29, 1.82) is 0 Å². The predicted molar refractivity (Wildman–Crippen MR) is 102 cm³/mol. The highest BCUT2D eigenvalue weighted by Gasteiger charge is 2.34. The zero-order chi connectivity index (χ0) is 16.8. The van der Waals surface area contributed by atoms with Crippen molar-refractivity contribution in [2.75, 3.05) is 16.3 Å². The van der Waals surface area contributed by atoms with Gasteiger partial charge in [0, 0.05) is 22.0 Å². The fourth-order valence-electron chi connectivity index (χ4n) is 3.57. The Labute approximate surface area is 150 Å². The zero-order valence-electron chi connectivity index (χ0n) is 13.6. The maximum absolute atomic E-state index is 13.5. The third-order valence-electron chi connectivity index (χ3n) is 4.74. The highest BCUT2D eigenvalue weighted by atomic mass is 32.2. The van der Waals surface area contributed by atoms with Gasteiger partial charge in [0.2, 0.25) is 0 Å². The minimum Gasteiger partial charge on any atom is -0.293 e. The van der Waals surface area contributed by atoms with Crippen LogP contribution in [0.1, 0.15) is 5.56 Å². The number of rotatable bonds is 0. The average Bonchev–Trinajstić information content (AvgIpc) is 3.09. The van der Waals surface area contributed by atoms with Crippen molar-refractivity contribution in [3.8, 4) is 0 Å². The summed E-state index contributed by atoms with van der Waals surface area (Å²) in [7, 11) is 0. The van der Waals surface area contributed by atoms with Gasteiger partial charge in [0.25, 0.3) is 0 Å². The van der Waals surface area contributed by atoms with Crippen molar-refractivity contribution in [2.45, 2.75) is 16.2 Å². The summed E-state index contributed by atoms with van der Waals surface area (Å²) < 4.78 is 0. The third-order valence-corrected chi connectivity index (χ3v) is 5.87. The Balaban J connectivity index is 1.64. The van der Waals surface area contributed by atoms with Crippen LogP contribution in [0.15, 0.2) is 82.6 Å². The highest BCUT2D eigenvalue weighted by Crippen LogP contribution is 2.48. The van der Waals surface area contributed by atoms with Crippen LogP contribution in [0, 0.1) is 0 Å². The Morgan fingerprint density at radius 1 is 0.760 bits per heavy atom. The molecule has 0 bridgehead atoms. The van der Waals surface area contributed by atoms with E-state index in [0.29, 0.717) is 0 Å². The second kappa shape index (κ2) is 5.67. The van der Waals surface area contributed by atoms with Crippen molar-refractivity contribution < 1.29 is 4.79 Å². The first-order valence-electron chi connectivity index (χ1n) is 8.38. The Kier molecular flexibility index (Phi) is 3.31. The number of nitrogens with zero attached hydrogens (tertiary/aromatic N) is 2. The van der Waals surface area contributed by atoms with E-state index in [2.05, 4.69) is 18.2 Å². The van der Waals surface area contributed by atoms with Crippen molar-refractivity contribution >= 4 is 34.9 Å². The third kappa shape index (κ3) is 2.25. The molecule has 25 heavy (non-hydrogen) atoms. The van der Waals surface area contributed by atoms with Crippen LogP contribution in [0.4, 0.5) is 21.9 Å². The van der Waals surface area contributed by atoms with Crippen molar-refractivity contribution in [3.63, 3.8) is 0 Å². The molecular weight excluding hydrogens is 328 g/mol. The summed E-state index contributed by atoms with van der Waals surface area (Å²) in [5.74, 6) is 0. The fourth-order valence-corrected chi connectivity index (χ4v) is 4.63. The van der Waals surface area contributed by atoms with Crippen LogP contribution in [-0.2, 0) is 6.42 Å². The lowest BCUT2D eigenvalue weighted by Gasteiger charge is -2.34. The summed E-state index contributed by atoms with van der Waals surface area (Å²) in [5.41, 5.74) is 4.19. The number of hydrogen-bond donors (Lipinski definition) is 0. The molecule has 0 aromatic heterocycles. The van der Waals surface area contributed by atoms with Gasteiger partial charge in [0.1, 0.15) is 0 Å². The molecule has 0 spiro atoms. The number of para-hydroxylation sites is 3. The standard InChI is InChI=1S/C21H16N2OS/c24-21(22-14-13-15-7-1-2-8-16(15)22)23-17-9-3-5-11-19(17)25-20-12-6-4-10-18(20)23/h1-12H,13-14H2. The number of hydrogen-bond acceptors (Lipinski definition) is 2. The van der Waals surface area contributed by atoms with Gasteiger partial charge in [0.05, 0.1) is 11.4 Å². The lowest BCUT2D eigenvalue weighted by molar-refractivity contribution is 0.254. The molecule has 122 valence electrons. The number of carbonyl (C=O) groups excluding carboxylic acids is 1. The van der Waals surface area contributed by atoms with E-state index in [1.807, 2.05) is 64.4 Å². The number of carbonyl (C=O) groups is 1. The molecule has 2 amide bonds. The topological polar surface area (TPSA) is 23.6 Å². The number of amides is 2. The van der Waals surface area contributed by atoms with Gasteiger partial charge >= 0.3 is 6.03 Å². The van der Waals surface area contributed by atoms with Crippen LogP contribution in [0.3, 0.4) is 0 Å². The summed E-state index contributed by atoms with van der Waals surface area (Å²) in [6.45, 7) is 0.728. The molecule has 0 saturated carbocycles. The van der Waals surface area contributed by atoms with Gasteiger partial charge in [-0.1, -0.05) is 54.2 Å². The van der Waals surface area contributed by atoms with Crippen LogP contribution in [0.2, 0.25) is 0 Å². The van der Waals surface area contributed by atoms with Gasteiger partial charge in [-0.15, -0.1) is 0 Å². The van der Waals surface area contributed by atoms with Gasteiger partial charge in [-0.25, -0.2) is 4.79 Å². The SMILES string of the molecule is O=C(N1CCc2ccccc21)N1c2ccccc2Sc2ccccc21. The molecule has 0 atom stereocenters. The fraction of sp³-hybridized carbons (Fsp3) is 0.0952. The van der Waals surface area contributed by atoms with Gasteiger partial charge in [-0.2, -0.15) is 0 Å². The molecule has 3 aromatic carbocycles. The maximum Gasteiger partial charge on any atom is 0.333 e. The molecule has 5 rings (SSSR count). The van der Waals surface area contributed by atoms with Gasteiger partial charge in [0.15, 0.2) is 0 Å². The quantitative estimate of drug-likeness (QED) is 0.540. The second-order valence-corrected chi connectivity index (χ2v) is 7.27. The lowest BCUT2D eigenvalue weighted by atomic mass is 10.2. The Hall–Kier alpha value is -2.72. The van der Waals surface area contributed by atoms with E-state index in [4.69, 9.17) is 0 Å². The highest BCUT2D eigenvalue weighted by molar-refractivity contribution is 7.99. The molecule has 0 fully saturated rings. The Bertz CT molecular complexity index is 939. The van der Waals surface area contributed by atoms with E-state index >= 15 is 0 Å². The Morgan fingerprint density at radius 2 is 1.32 bits per heavy atom. The monoisotopic (exact) mass is 344 g/mol. The van der Waals surface area contributed by atoms with Crippen LogP contribution in [0.5, 0.6) is 0 Å². The smallest absolute Gasteiger partial charge is 0.293 e. The summed E-state index contributed by atoms with van der Waals surface area (Å²) >= 11 is 1.72. The molecule has 2 heterocycles. The summed E-state index contributed by atoms with van der Waals surface area (Å²) in [4.78, 5) is 19.5. The molecule has 2 aliphatic rings. The van der Waals surface area contributed by atoms with Crippen LogP contribution >= 0.6 is 11.8 Å². The molecule has 0 aliphatic carbocycles. The molecule has 0 radical (unpaired) electrons. The molecular formula is C21H16N2OS. The number of urea groups is 1. The summed E-state index contributed by atoms with van der Waals surface area (Å²) in [6, 6.07) is 24.4. The van der Waals surface area contributed by atoms with E-state index in [-0.39, 0.29) is 6.03 Å².